The summed E-state index contributed by atoms with van der Waals surface area (Å²) in [5.41, 5.74) is -1.90. The third-order valence-corrected chi connectivity index (χ3v) is 2.29. The SMILES string of the molecule is COC(=O)C(F)C(O)c1ccccc1C(F)(F)F. The first-order valence-electron chi connectivity index (χ1n) is 4.85. The average molecular weight is 266 g/mol. The van der Waals surface area contributed by atoms with Crippen LogP contribution in [0.5, 0.6) is 0 Å². The second-order valence-corrected chi connectivity index (χ2v) is 3.45. The summed E-state index contributed by atoms with van der Waals surface area (Å²) >= 11 is 0. The maximum absolute atomic E-state index is 13.4. The zero-order valence-corrected chi connectivity index (χ0v) is 9.24. The van der Waals surface area contributed by atoms with Crippen molar-refractivity contribution in [2.24, 2.45) is 0 Å². The lowest BCUT2D eigenvalue weighted by molar-refractivity contribution is -0.152. The van der Waals surface area contributed by atoms with Crippen molar-refractivity contribution >= 4 is 5.97 Å². The van der Waals surface area contributed by atoms with E-state index in [-0.39, 0.29) is 0 Å². The Balaban J connectivity index is 3.14. The molecule has 18 heavy (non-hydrogen) atoms. The van der Waals surface area contributed by atoms with Crippen LogP contribution in [0, 0.1) is 0 Å². The van der Waals surface area contributed by atoms with E-state index in [2.05, 4.69) is 4.74 Å². The zero-order valence-electron chi connectivity index (χ0n) is 9.24. The molecule has 0 saturated carbocycles. The first-order valence-corrected chi connectivity index (χ1v) is 4.85. The first kappa shape index (κ1) is 14.4. The monoisotopic (exact) mass is 266 g/mol. The van der Waals surface area contributed by atoms with Crippen LogP contribution in [0.4, 0.5) is 17.6 Å². The van der Waals surface area contributed by atoms with Gasteiger partial charge in [-0.15, -0.1) is 0 Å². The highest BCUT2D eigenvalue weighted by Crippen LogP contribution is 2.35. The largest absolute Gasteiger partial charge is 0.467 e. The van der Waals surface area contributed by atoms with Crippen molar-refractivity contribution in [1.82, 2.24) is 0 Å². The molecule has 1 rings (SSSR count). The molecular weight excluding hydrogens is 256 g/mol. The van der Waals surface area contributed by atoms with Crippen molar-refractivity contribution in [3.05, 3.63) is 35.4 Å². The van der Waals surface area contributed by atoms with Gasteiger partial charge >= 0.3 is 12.1 Å². The fraction of sp³-hybridized carbons (Fsp3) is 0.364. The summed E-state index contributed by atoms with van der Waals surface area (Å²) in [6.07, 6.45) is -9.54. The molecule has 0 amide bonds. The van der Waals surface area contributed by atoms with Crippen LogP contribution in [-0.2, 0) is 15.7 Å². The molecule has 0 radical (unpaired) electrons. The molecule has 0 bridgehead atoms. The minimum atomic E-state index is -4.74. The molecule has 1 N–H and O–H groups in total. The van der Waals surface area contributed by atoms with Crippen LogP contribution in [-0.4, -0.2) is 24.4 Å². The van der Waals surface area contributed by atoms with Gasteiger partial charge in [0.1, 0.15) is 6.10 Å². The summed E-state index contributed by atoms with van der Waals surface area (Å²) in [5, 5.41) is 9.46. The second-order valence-electron chi connectivity index (χ2n) is 3.45. The molecule has 100 valence electrons. The van der Waals surface area contributed by atoms with E-state index in [1.807, 2.05) is 0 Å². The van der Waals surface area contributed by atoms with Gasteiger partial charge in [0.05, 0.1) is 12.7 Å². The van der Waals surface area contributed by atoms with Gasteiger partial charge in [0.2, 0.25) is 6.17 Å². The molecule has 0 fully saturated rings. The summed E-state index contributed by atoms with van der Waals surface area (Å²) in [6.45, 7) is 0. The minimum Gasteiger partial charge on any atom is -0.467 e. The van der Waals surface area contributed by atoms with Gasteiger partial charge in [-0.25, -0.2) is 9.18 Å². The highest BCUT2D eigenvalue weighted by molar-refractivity contribution is 5.75. The molecule has 1 aromatic rings. The fourth-order valence-electron chi connectivity index (χ4n) is 1.41. The van der Waals surface area contributed by atoms with E-state index in [4.69, 9.17) is 0 Å². The molecule has 0 spiro atoms. The normalized spacial score (nSPS) is 15.0. The standard InChI is InChI=1S/C11H10F4O3/c1-18-10(17)8(12)9(16)6-4-2-3-5-7(6)11(13,14)15/h2-5,8-9,16H,1H3. The van der Waals surface area contributed by atoms with Crippen LogP contribution in [0.3, 0.4) is 0 Å². The fourth-order valence-corrected chi connectivity index (χ4v) is 1.41. The van der Waals surface area contributed by atoms with Crippen LogP contribution in [0.25, 0.3) is 0 Å². The number of esters is 1. The molecule has 0 aliphatic heterocycles. The third-order valence-electron chi connectivity index (χ3n) is 2.29. The summed E-state index contributed by atoms with van der Waals surface area (Å²) in [4.78, 5) is 10.8. The lowest BCUT2D eigenvalue weighted by Gasteiger charge is -2.18. The number of ether oxygens (including phenoxy) is 1. The smallest absolute Gasteiger partial charge is 0.416 e. The van der Waals surface area contributed by atoms with Crippen LogP contribution < -0.4 is 0 Å². The van der Waals surface area contributed by atoms with Crippen LogP contribution >= 0.6 is 0 Å². The summed E-state index contributed by atoms with van der Waals surface area (Å²) < 4.78 is 55.2. The van der Waals surface area contributed by atoms with E-state index >= 15 is 0 Å². The average Bonchev–Trinajstić information content (AvgIpc) is 2.35. The van der Waals surface area contributed by atoms with Crippen molar-refractivity contribution in [1.29, 1.82) is 0 Å². The number of hydrogen-bond acceptors (Lipinski definition) is 3. The number of aliphatic hydroxyl groups is 1. The Kier molecular flexibility index (Phi) is 4.28. The molecule has 0 heterocycles. The van der Waals surface area contributed by atoms with Gasteiger partial charge < -0.3 is 9.84 Å². The Morgan fingerprint density at radius 3 is 2.39 bits per heavy atom. The first-order chi connectivity index (χ1) is 8.29. The van der Waals surface area contributed by atoms with Gasteiger partial charge in [0.15, 0.2) is 0 Å². The lowest BCUT2D eigenvalue weighted by atomic mass is 9.99. The molecule has 0 aromatic heterocycles. The Hall–Kier alpha value is -1.63. The highest BCUT2D eigenvalue weighted by Gasteiger charge is 2.38. The number of aliphatic hydroxyl groups excluding tert-OH is 1. The van der Waals surface area contributed by atoms with Crippen LogP contribution in [0.2, 0.25) is 0 Å². The quantitative estimate of drug-likeness (QED) is 0.674. The van der Waals surface area contributed by atoms with Gasteiger partial charge in [-0.05, 0) is 11.6 Å². The molecule has 2 atom stereocenters. The number of rotatable bonds is 3. The number of hydrogen-bond donors (Lipinski definition) is 1. The second kappa shape index (κ2) is 5.34. The Morgan fingerprint density at radius 1 is 1.33 bits per heavy atom. The van der Waals surface area contributed by atoms with Gasteiger partial charge in [0, 0.05) is 0 Å². The number of halogens is 4. The number of alkyl halides is 4. The van der Waals surface area contributed by atoms with Crippen LogP contribution in [0.1, 0.15) is 17.2 Å². The molecule has 0 aliphatic carbocycles. The van der Waals surface area contributed by atoms with Crippen LogP contribution in [0.15, 0.2) is 24.3 Å². The van der Waals surface area contributed by atoms with Gasteiger partial charge in [0.25, 0.3) is 0 Å². The van der Waals surface area contributed by atoms with E-state index < -0.39 is 35.5 Å². The maximum atomic E-state index is 13.4. The van der Waals surface area contributed by atoms with Crippen molar-refractivity contribution < 1.29 is 32.2 Å². The Morgan fingerprint density at radius 2 is 1.89 bits per heavy atom. The minimum absolute atomic E-state index is 0.697. The zero-order chi connectivity index (χ0) is 13.9. The van der Waals surface area contributed by atoms with E-state index in [9.17, 15) is 27.5 Å². The number of carbonyl (C=O) groups is 1. The summed E-state index contributed by atoms with van der Waals surface area (Å²) in [5.74, 6) is -1.43. The van der Waals surface area contributed by atoms with Crippen molar-refractivity contribution in [3.8, 4) is 0 Å². The highest BCUT2D eigenvalue weighted by atomic mass is 19.4. The third kappa shape index (κ3) is 2.98. The molecule has 3 nitrogen and oxygen atoms in total. The van der Waals surface area contributed by atoms with Crippen molar-refractivity contribution in [2.75, 3.05) is 7.11 Å². The summed E-state index contributed by atoms with van der Waals surface area (Å²) in [7, 11) is 0.872. The van der Waals surface area contributed by atoms with E-state index in [1.54, 1.807) is 0 Å². The maximum Gasteiger partial charge on any atom is 0.416 e. The predicted molar refractivity (Wildman–Crippen MR) is 53.3 cm³/mol. The molecule has 1 aromatic carbocycles. The lowest BCUT2D eigenvalue weighted by Crippen LogP contribution is -2.26. The van der Waals surface area contributed by atoms with Gasteiger partial charge in [-0.1, -0.05) is 18.2 Å². The number of benzene rings is 1. The number of methoxy groups -OCH3 is 1. The van der Waals surface area contributed by atoms with Crippen molar-refractivity contribution in [2.45, 2.75) is 18.5 Å². The van der Waals surface area contributed by atoms with Gasteiger partial charge in [-0.2, -0.15) is 13.2 Å². The Bertz CT molecular complexity index is 431. The summed E-state index contributed by atoms with van der Waals surface area (Å²) in [6, 6.07) is 3.91. The topological polar surface area (TPSA) is 46.5 Å². The Labute approximate surface area is 100.0 Å². The number of carbonyl (C=O) groups excluding carboxylic acids is 1. The molecule has 0 aliphatic rings. The van der Waals surface area contributed by atoms with Crippen molar-refractivity contribution in [3.63, 3.8) is 0 Å². The molecule has 0 saturated heterocycles. The molecule has 7 heteroatoms. The van der Waals surface area contributed by atoms with E-state index in [0.717, 1.165) is 19.2 Å². The van der Waals surface area contributed by atoms with E-state index in [1.165, 1.54) is 6.07 Å². The molecule has 2 unspecified atom stereocenters. The molecular formula is C11H10F4O3. The van der Waals surface area contributed by atoms with Gasteiger partial charge in [-0.3, -0.25) is 0 Å². The predicted octanol–water partition coefficient (Wildman–Crippen LogP) is 2.25. The van der Waals surface area contributed by atoms with E-state index in [0.29, 0.717) is 6.07 Å².